The Hall–Kier alpha value is -3.36. The summed E-state index contributed by atoms with van der Waals surface area (Å²) >= 11 is 0. The van der Waals surface area contributed by atoms with E-state index in [1.807, 2.05) is 25.1 Å². The Bertz CT molecular complexity index is 1040. The zero-order valence-corrected chi connectivity index (χ0v) is 16.6. The molecule has 3 aromatic rings. The Balaban J connectivity index is 1.36. The van der Waals surface area contributed by atoms with Gasteiger partial charge in [-0.15, -0.1) is 5.10 Å². The predicted molar refractivity (Wildman–Crippen MR) is 105 cm³/mol. The highest BCUT2D eigenvalue weighted by Crippen LogP contribution is 2.46. The largest absolute Gasteiger partial charge is 0.495 e. The van der Waals surface area contributed by atoms with Gasteiger partial charge in [0.15, 0.2) is 5.76 Å². The number of aryl methyl sites for hydroxylation is 2. The van der Waals surface area contributed by atoms with E-state index in [0.717, 1.165) is 23.6 Å². The molecule has 1 aliphatic rings. The summed E-state index contributed by atoms with van der Waals surface area (Å²) in [7, 11) is 3.22. The molecule has 1 aliphatic carbocycles. The van der Waals surface area contributed by atoms with Crippen LogP contribution in [-0.2, 0) is 13.6 Å². The maximum Gasteiger partial charge on any atom is 0.290 e. The molecule has 2 atom stereocenters. The highest BCUT2D eigenvalue weighted by atomic mass is 16.5. The van der Waals surface area contributed by atoms with E-state index in [4.69, 9.17) is 14.0 Å². The van der Waals surface area contributed by atoms with Crippen molar-refractivity contribution < 1.29 is 14.0 Å². The van der Waals surface area contributed by atoms with Crippen molar-refractivity contribution in [2.75, 3.05) is 19.0 Å². The highest BCUT2D eigenvalue weighted by Gasteiger charge is 2.40. The molecule has 1 fully saturated rings. The molecule has 0 spiro atoms. The number of nitrogens with one attached hydrogen (secondary N) is 1. The molecule has 1 unspecified atom stereocenters. The predicted octanol–water partition coefficient (Wildman–Crippen LogP) is 2.27. The van der Waals surface area contributed by atoms with Crippen molar-refractivity contribution in [2.24, 2.45) is 13.0 Å². The normalized spacial score (nSPS) is 17.8. The van der Waals surface area contributed by atoms with E-state index in [0.29, 0.717) is 42.3 Å². The van der Waals surface area contributed by atoms with E-state index in [1.54, 1.807) is 26.4 Å². The van der Waals surface area contributed by atoms with E-state index >= 15 is 0 Å². The second-order valence-corrected chi connectivity index (χ2v) is 7.15. The smallest absolute Gasteiger partial charge is 0.290 e. The first-order chi connectivity index (χ1) is 14.0. The van der Waals surface area contributed by atoms with Gasteiger partial charge in [0, 0.05) is 36.7 Å². The SMILES string of the molecule is COc1ccc([C@@H]2CC2COc2cc(NCc3cc(C)no3)c(=O)n(C)n2)nc1. The minimum absolute atomic E-state index is 0.236. The van der Waals surface area contributed by atoms with Crippen LogP contribution in [0.5, 0.6) is 11.6 Å². The van der Waals surface area contributed by atoms with Crippen LogP contribution >= 0.6 is 0 Å². The molecule has 1 saturated carbocycles. The quantitative estimate of drug-likeness (QED) is 0.617. The number of anilines is 1. The molecule has 0 aliphatic heterocycles. The van der Waals surface area contributed by atoms with Crippen LogP contribution in [0.3, 0.4) is 0 Å². The van der Waals surface area contributed by atoms with Gasteiger partial charge in [0.25, 0.3) is 5.56 Å². The van der Waals surface area contributed by atoms with Crippen LogP contribution in [0.4, 0.5) is 5.69 Å². The molecule has 0 radical (unpaired) electrons. The Morgan fingerprint density at radius 3 is 2.90 bits per heavy atom. The maximum absolute atomic E-state index is 12.3. The molecular formula is C20H23N5O4. The van der Waals surface area contributed by atoms with Crippen molar-refractivity contribution >= 4 is 5.69 Å². The van der Waals surface area contributed by atoms with Crippen LogP contribution < -0.4 is 20.3 Å². The van der Waals surface area contributed by atoms with Crippen molar-refractivity contribution in [2.45, 2.75) is 25.8 Å². The van der Waals surface area contributed by atoms with Crippen LogP contribution in [0.2, 0.25) is 0 Å². The summed E-state index contributed by atoms with van der Waals surface area (Å²) in [6, 6.07) is 7.34. The third-order valence-corrected chi connectivity index (χ3v) is 4.91. The summed E-state index contributed by atoms with van der Waals surface area (Å²) in [5, 5.41) is 11.1. The minimum Gasteiger partial charge on any atom is -0.495 e. The van der Waals surface area contributed by atoms with Crippen LogP contribution in [0.15, 0.2) is 39.8 Å². The summed E-state index contributed by atoms with van der Waals surface area (Å²) in [6.45, 7) is 2.72. The molecule has 4 rings (SSSR count). The van der Waals surface area contributed by atoms with Gasteiger partial charge < -0.3 is 19.3 Å². The van der Waals surface area contributed by atoms with Gasteiger partial charge in [-0.3, -0.25) is 9.78 Å². The van der Waals surface area contributed by atoms with Crippen molar-refractivity contribution in [3.63, 3.8) is 0 Å². The van der Waals surface area contributed by atoms with Gasteiger partial charge >= 0.3 is 0 Å². The van der Waals surface area contributed by atoms with Crippen molar-refractivity contribution in [1.82, 2.24) is 19.9 Å². The molecule has 3 aromatic heterocycles. The fourth-order valence-corrected chi connectivity index (χ4v) is 3.18. The van der Waals surface area contributed by atoms with Gasteiger partial charge in [-0.2, -0.15) is 0 Å². The molecule has 9 heteroatoms. The zero-order chi connectivity index (χ0) is 20.4. The van der Waals surface area contributed by atoms with E-state index in [-0.39, 0.29) is 5.56 Å². The molecule has 9 nitrogen and oxygen atoms in total. The Morgan fingerprint density at radius 2 is 2.21 bits per heavy atom. The average Bonchev–Trinajstić information content (AvgIpc) is 3.39. The van der Waals surface area contributed by atoms with Gasteiger partial charge in [0.1, 0.15) is 11.4 Å². The topological polar surface area (TPSA) is 104 Å². The number of nitrogens with zero attached hydrogens (tertiary/aromatic N) is 4. The lowest BCUT2D eigenvalue weighted by Gasteiger charge is -2.10. The molecule has 0 aromatic carbocycles. The highest BCUT2D eigenvalue weighted by molar-refractivity contribution is 5.43. The molecule has 1 N–H and O–H groups in total. The lowest BCUT2D eigenvalue weighted by Crippen LogP contribution is -2.24. The van der Waals surface area contributed by atoms with E-state index < -0.39 is 0 Å². The molecule has 0 amide bonds. The number of hydrogen-bond donors (Lipinski definition) is 1. The standard InChI is InChI=1S/C20H23N5O4/c1-12-6-15(29-24-12)10-22-18-8-19(23-25(2)20(18)26)28-11-13-7-16(13)17-5-4-14(27-3)9-21-17/h4-6,8-9,13,16,22H,7,10-11H2,1-3H3/t13?,16-/m1/s1. The molecule has 3 heterocycles. The monoisotopic (exact) mass is 397 g/mol. The Kier molecular flexibility index (Phi) is 5.20. The first-order valence-corrected chi connectivity index (χ1v) is 9.40. The summed E-state index contributed by atoms with van der Waals surface area (Å²) in [5.41, 5.74) is 1.99. The van der Waals surface area contributed by atoms with Gasteiger partial charge in [0.05, 0.1) is 32.2 Å². The van der Waals surface area contributed by atoms with Gasteiger partial charge in [-0.1, -0.05) is 5.16 Å². The molecule has 0 saturated heterocycles. The fourth-order valence-electron chi connectivity index (χ4n) is 3.18. The maximum atomic E-state index is 12.3. The Morgan fingerprint density at radius 1 is 1.34 bits per heavy atom. The summed E-state index contributed by atoms with van der Waals surface area (Å²) in [5.74, 6) is 2.55. The minimum atomic E-state index is -0.236. The lowest BCUT2D eigenvalue weighted by atomic mass is 10.2. The second-order valence-electron chi connectivity index (χ2n) is 7.15. The average molecular weight is 397 g/mol. The summed E-state index contributed by atoms with van der Waals surface area (Å²) < 4.78 is 17.4. The number of methoxy groups -OCH3 is 1. The van der Waals surface area contributed by atoms with Gasteiger partial charge in [-0.25, -0.2) is 4.68 Å². The first kappa shape index (κ1) is 19.0. The van der Waals surface area contributed by atoms with Gasteiger partial charge in [0.2, 0.25) is 5.88 Å². The first-order valence-electron chi connectivity index (χ1n) is 9.40. The zero-order valence-electron chi connectivity index (χ0n) is 16.6. The van der Waals surface area contributed by atoms with E-state index in [1.165, 1.54) is 4.68 Å². The van der Waals surface area contributed by atoms with Crippen LogP contribution in [0, 0.1) is 12.8 Å². The number of aromatic nitrogens is 4. The van der Waals surface area contributed by atoms with Crippen LogP contribution in [0.1, 0.15) is 29.5 Å². The summed E-state index contributed by atoms with van der Waals surface area (Å²) in [4.78, 5) is 16.8. The Labute approximate surface area is 167 Å². The third-order valence-electron chi connectivity index (χ3n) is 4.91. The van der Waals surface area contributed by atoms with E-state index in [9.17, 15) is 4.79 Å². The third kappa shape index (κ3) is 4.39. The number of rotatable bonds is 8. The van der Waals surface area contributed by atoms with Gasteiger partial charge in [-0.05, 0) is 25.5 Å². The van der Waals surface area contributed by atoms with Crippen molar-refractivity contribution in [3.8, 4) is 11.6 Å². The number of ether oxygens (including phenoxy) is 2. The van der Waals surface area contributed by atoms with Crippen LogP contribution in [0.25, 0.3) is 0 Å². The van der Waals surface area contributed by atoms with Crippen molar-refractivity contribution in [1.29, 1.82) is 0 Å². The molecule has 29 heavy (non-hydrogen) atoms. The number of pyridine rings is 1. The second kappa shape index (κ2) is 7.94. The fraction of sp³-hybridized carbons (Fsp3) is 0.400. The van der Waals surface area contributed by atoms with Crippen molar-refractivity contribution in [3.05, 3.63) is 58.0 Å². The number of hydrogen-bond acceptors (Lipinski definition) is 8. The summed E-state index contributed by atoms with van der Waals surface area (Å²) in [6.07, 6.45) is 2.75. The lowest BCUT2D eigenvalue weighted by molar-refractivity contribution is 0.278. The van der Waals surface area contributed by atoms with E-state index in [2.05, 4.69) is 20.6 Å². The molecule has 152 valence electrons. The van der Waals surface area contributed by atoms with Crippen LogP contribution in [-0.4, -0.2) is 33.6 Å². The molecular weight excluding hydrogens is 374 g/mol. The molecule has 0 bridgehead atoms.